The summed E-state index contributed by atoms with van der Waals surface area (Å²) in [6.45, 7) is 24.8. The van der Waals surface area contributed by atoms with Crippen molar-refractivity contribution in [2.75, 3.05) is 0 Å². The first-order chi connectivity index (χ1) is 23.9. The summed E-state index contributed by atoms with van der Waals surface area (Å²) in [5.41, 5.74) is 14.0. The minimum absolute atomic E-state index is 0. The van der Waals surface area contributed by atoms with Gasteiger partial charge in [0, 0.05) is 79.7 Å². The van der Waals surface area contributed by atoms with Crippen molar-refractivity contribution in [1.29, 1.82) is 0 Å². The summed E-state index contributed by atoms with van der Waals surface area (Å²) in [5.74, 6) is 3.11. The Labute approximate surface area is 397 Å². The maximum atomic E-state index is 4.74. The molecule has 0 aliphatic rings. The number of rotatable bonds is 10. The Morgan fingerprint density at radius 3 is 1.05 bits per heavy atom. The number of hydrogen-bond acceptors (Lipinski definition) is 2. The van der Waals surface area contributed by atoms with Gasteiger partial charge in [0.15, 0.2) is 0 Å². The van der Waals surface area contributed by atoms with E-state index < -0.39 is 0 Å². The van der Waals surface area contributed by atoms with Crippen LogP contribution in [0.3, 0.4) is 0 Å². The van der Waals surface area contributed by atoms with Crippen LogP contribution in [0.2, 0.25) is 0 Å². The van der Waals surface area contributed by atoms with Gasteiger partial charge in [-0.1, -0.05) is 83.5 Å². The zero-order valence-electron chi connectivity index (χ0n) is 33.9. The molecule has 0 radical (unpaired) electrons. The Bertz CT molecular complexity index is 1870. The standard InChI is InChI=1S/C45H53BrN4.4ClH.2Pd/c1-12-49(42-18-14-16-20-47-42)44-36(28(3)4)22-33(23-37(44)29(5)6)40-26-35(46)27-41(32(40)11)34-24-38(30(7)8)45(39(25-34)31(9)10)50(13-2)43-19-15-17-21-48-43;;;;;;/h12-31H,1-11H3;4*1H;;/q+2;;;;;;/p-4. The van der Waals surface area contributed by atoms with E-state index in [1.807, 2.05) is 24.5 Å². The molecule has 5 rings (SSSR count). The number of aromatic nitrogens is 2. The van der Waals surface area contributed by atoms with Crippen LogP contribution in [0, 0.1) is 6.92 Å². The van der Waals surface area contributed by atoms with Crippen LogP contribution in [-0.2, 0) is 40.8 Å². The van der Waals surface area contributed by atoms with Gasteiger partial charge in [-0.2, -0.15) is 0 Å². The van der Waals surface area contributed by atoms with Gasteiger partial charge >= 0.3 is 11.6 Å². The average molecular weight is 1080 g/mol. The van der Waals surface area contributed by atoms with Crippen LogP contribution < -0.4 is 58.8 Å². The fourth-order valence-corrected chi connectivity index (χ4v) is 7.47. The second kappa shape index (κ2) is 25.0. The molecular formula is C45H53BrCl4N4Pd2-2. The molecule has 2 heterocycles. The molecule has 3 aromatic carbocycles. The Kier molecular flexibility index (Phi) is 25.2. The second-order valence-corrected chi connectivity index (χ2v) is 15.3. The van der Waals surface area contributed by atoms with Crippen molar-refractivity contribution in [1.82, 2.24) is 19.1 Å². The number of benzene rings is 3. The number of halogens is 5. The molecule has 0 unspecified atom stereocenters. The Morgan fingerprint density at radius 2 is 0.821 bits per heavy atom. The summed E-state index contributed by atoms with van der Waals surface area (Å²) >= 11 is 3.95. The van der Waals surface area contributed by atoms with E-state index in [4.69, 9.17) is 9.97 Å². The first-order valence-electron chi connectivity index (χ1n) is 18.0. The molecule has 0 saturated heterocycles. The summed E-state index contributed by atoms with van der Waals surface area (Å²) in [7, 11) is 0. The zero-order chi connectivity index (χ0) is 36.3. The smallest absolute Gasteiger partial charge is 0.327 e. The first-order valence-corrected chi connectivity index (χ1v) is 18.8. The molecule has 5 aromatic rings. The van der Waals surface area contributed by atoms with E-state index >= 15 is 0 Å². The van der Waals surface area contributed by atoms with Crippen LogP contribution in [-0.4, -0.2) is 22.4 Å². The van der Waals surface area contributed by atoms with Gasteiger partial charge in [0.2, 0.25) is 0 Å². The van der Waals surface area contributed by atoms with E-state index in [9.17, 15) is 0 Å². The zero-order valence-corrected chi connectivity index (χ0v) is 41.6. The predicted molar refractivity (Wildman–Crippen MR) is 221 cm³/mol. The van der Waals surface area contributed by atoms with Crippen LogP contribution in [0.5, 0.6) is 0 Å². The second-order valence-electron chi connectivity index (χ2n) is 14.4. The topological polar surface area (TPSA) is 31.8 Å². The van der Waals surface area contributed by atoms with E-state index in [1.54, 1.807) is 0 Å². The summed E-state index contributed by atoms with van der Waals surface area (Å²) in [4.78, 5) is 9.47. The van der Waals surface area contributed by atoms with Crippen LogP contribution in [0.1, 0.15) is 121 Å². The van der Waals surface area contributed by atoms with Gasteiger partial charge in [0.25, 0.3) is 0 Å². The Hall–Kier alpha value is -1.74. The first kappa shape index (κ1) is 56.4. The third-order valence-electron chi connectivity index (χ3n) is 9.61. The summed E-state index contributed by atoms with van der Waals surface area (Å²) < 4.78 is 5.60. The molecule has 0 bridgehead atoms. The Balaban J connectivity index is 0. The van der Waals surface area contributed by atoms with Gasteiger partial charge in [-0.15, -0.1) is 0 Å². The largest absolute Gasteiger partial charge is 1.00 e. The molecule has 11 heteroatoms. The molecule has 310 valence electrons. The molecule has 0 saturated carbocycles. The molecule has 4 nitrogen and oxygen atoms in total. The maximum absolute atomic E-state index is 4.74. The number of hydrogen-bond donors (Lipinski definition) is 0. The molecule has 0 N–H and O–H groups in total. The van der Waals surface area contributed by atoms with Crippen molar-refractivity contribution in [2.45, 2.75) is 99.8 Å². The average Bonchev–Trinajstić information content (AvgIpc) is 3.10. The van der Waals surface area contributed by atoms with Crippen molar-refractivity contribution in [3.8, 4) is 22.3 Å². The van der Waals surface area contributed by atoms with E-state index in [2.05, 4.69) is 174 Å². The third-order valence-corrected chi connectivity index (χ3v) is 10.1. The van der Waals surface area contributed by atoms with E-state index in [0.29, 0.717) is 23.7 Å². The van der Waals surface area contributed by atoms with Crippen molar-refractivity contribution >= 4 is 51.4 Å². The fourth-order valence-electron chi connectivity index (χ4n) is 7.01. The molecule has 0 aliphatic carbocycles. The van der Waals surface area contributed by atoms with E-state index in [1.165, 1.54) is 61.4 Å². The minimum atomic E-state index is 0. The van der Waals surface area contributed by atoms with Gasteiger partial charge in [-0.05, 0) is 131 Å². The van der Waals surface area contributed by atoms with Crippen molar-refractivity contribution < 1.29 is 90.5 Å². The fraction of sp³-hybridized carbons (Fsp3) is 0.333. The van der Waals surface area contributed by atoms with E-state index in [0.717, 1.165) is 16.1 Å². The van der Waals surface area contributed by atoms with Gasteiger partial charge in [-0.3, -0.25) is 0 Å². The van der Waals surface area contributed by atoms with Gasteiger partial charge in [-0.25, -0.2) is 9.15 Å². The van der Waals surface area contributed by atoms with Crippen molar-refractivity contribution in [2.24, 2.45) is 0 Å². The quantitative estimate of drug-likeness (QED) is 0.120. The molecule has 0 amide bonds. The summed E-state index contributed by atoms with van der Waals surface area (Å²) in [6, 6.07) is 26.5. The third kappa shape index (κ3) is 12.2. The van der Waals surface area contributed by atoms with Crippen LogP contribution >= 0.6 is 15.9 Å². The molecule has 0 spiro atoms. The van der Waals surface area contributed by atoms with E-state index in [-0.39, 0.29) is 90.5 Å². The molecule has 56 heavy (non-hydrogen) atoms. The SMILES string of the molecule is CC=[N+](c1ccccn1)c1c(C(C)C)cc(-c2cc(Br)cc(-c3cc(C(C)C)c([N+](=CC)c4ccccn4)c(C(C)C)c3)c2C)cc1C(C)C.[Cl-].[Cl-].[Cl-].[Cl-].[Pd].[Pd]. The number of nitrogens with zero attached hydrogens (tertiary/aromatic N) is 4. The predicted octanol–water partition coefficient (Wildman–Crippen LogP) is 1.24. The van der Waals surface area contributed by atoms with Gasteiger partial charge in [0.05, 0.1) is 12.4 Å². The molecular weight excluding hydrogens is 1030 g/mol. The van der Waals surface area contributed by atoms with Gasteiger partial charge < -0.3 is 49.6 Å². The van der Waals surface area contributed by atoms with Gasteiger partial charge in [0.1, 0.15) is 23.8 Å². The minimum Gasteiger partial charge on any atom is -1.00 e. The van der Waals surface area contributed by atoms with Crippen LogP contribution in [0.4, 0.5) is 23.0 Å². The summed E-state index contributed by atoms with van der Waals surface area (Å²) in [6.07, 6.45) is 8.03. The number of pyridine rings is 2. The van der Waals surface area contributed by atoms with Crippen molar-refractivity contribution in [3.63, 3.8) is 0 Å². The van der Waals surface area contributed by atoms with Crippen LogP contribution in [0.15, 0.2) is 89.7 Å². The van der Waals surface area contributed by atoms with Crippen molar-refractivity contribution in [3.05, 3.63) is 117 Å². The monoisotopic (exact) mass is 1080 g/mol. The molecule has 0 aliphatic heterocycles. The Morgan fingerprint density at radius 1 is 0.518 bits per heavy atom. The molecule has 0 atom stereocenters. The maximum Gasteiger partial charge on any atom is 0.327 e. The van der Waals surface area contributed by atoms with Crippen LogP contribution in [0.25, 0.3) is 22.3 Å². The molecule has 0 fully saturated rings. The summed E-state index contributed by atoms with van der Waals surface area (Å²) in [5, 5.41) is 0. The molecule has 2 aromatic heterocycles. The normalized spacial score (nSPS) is 11.2.